The SMILES string of the molecule is COCCNC(=O)CCn1c(N)nc2cc(Br)ccc21. The van der Waals surface area contributed by atoms with E-state index >= 15 is 0 Å². The molecule has 1 aromatic carbocycles. The summed E-state index contributed by atoms with van der Waals surface area (Å²) in [5, 5.41) is 2.78. The summed E-state index contributed by atoms with van der Waals surface area (Å²) in [6, 6.07) is 5.77. The maximum atomic E-state index is 11.7. The molecule has 1 aromatic heterocycles. The molecule has 1 heterocycles. The van der Waals surface area contributed by atoms with E-state index in [1.54, 1.807) is 7.11 Å². The first-order valence-electron chi connectivity index (χ1n) is 6.28. The first-order valence-corrected chi connectivity index (χ1v) is 7.08. The summed E-state index contributed by atoms with van der Waals surface area (Å²) in [7, 11) is 1.60. The number of rotatable bonds is 6. The number of ether oxygens (including phenoxy) is 1. The molecule has 0 aliphatic rings. The lowest BCUT2D eigenvalue weighted by atomic mass is 10.3. The summed E-state index contributed by atoms with van der Waals surface area (Å²) in [5.74, 6) is 0.392. The highest BCUT2D eigenvalue weighted by atomic mass is 79.9. The van der Waals surface area contributed by atoms with Gasteiger partial charge in [-0.15, -0.1) is 0 Å². The number of fused-ring (bicyclic) bond motifs is 1. The fraction of sp³-hybridized carbons (Fsp3) is 0.385. The number of nitrogens with zero attached hydrogens (tertiary/aromatic N) is 2. The normalized spacial score (nSPS) is 10.9. The molecule has 3 N–H and O–H groups in total. The number of aromatic nitrogens is 2. The zero-order chi connectivity index (χ0) is 14.5. The summed E-state index contributed by atoms with van der Waals surface area (Å²) < 4.78 is 7.67. The quantitative estimate of drug-likeness (QED) is 0.781. The van der Waals surface area contributed by atoms with Crippen LogP contribution in [0.2, 0.25) is 0 Å². The van der Waals surface area contributed by atoms with Crippen molar-refractivity contribution >= 4 is 38.8 Å². The molecule has 1 amide bonds. The third kappa shape index (κ3) is 3.49. The second kappa shape index (κ2) is 6.71. The third-order valence-electron chi connectivity index (χ3n) is 2.93. The number of hydrogen-bond donors (Lipinski definition) is 2. The molecule has 0 aliphatic carbocycles. The maximum absolute atomic E-state index is 11.7. The summed E-state index contributed by atoms with van der Waals surface area (Å²) in [6.07, 6.45) is 0.357. The van der Waals surface area contributed by atoms with Crippen LogP contribution in [0.25, 0.3) is 11.0 Å². The Balaban J connectivity index is 2.02. The van der Waals surface area contributed by atoms with E-state index in [0.29, 0.717) is 32.1 Å². The summed E-state index contributed by atoms with van der Waals surface area (Å²) in [6.45, 7) is 1.53. The fourth-order valence-corrected chi connectivity index (χ4v) is 2.30. The van der Waals surface area contributed by atoms with Gasteiger partial charge in [0.05, 0.1) is 17.6 Å². The van der Waals surface area contributed by atoms with Gasteiger partial charge in [0, 0.05) is 31.1 Å². The van der Waals surface area contributed by atoms with E-state index in [9.17, 15) is 4.79 Å². The molecule has 0 atom stereocenters. The maximum Gasteiger partial charge on any atom is 0.221 e. The molecule has 2 rings (SSSR count). The smallest absolute Gasteiger partial charge is 0.221 e. The molecule has 0 fully saturated rings. The minimum Gasteiger partial charge on any atom is -0.383 e. The van der Waals surface area contributed by atoms with Crippen molar-refractivity contribution in [3.63, 3.8) is 0 Å². The molecule has 2 aromatic rings. The lowest BCUT2D eigenvalue weighted by Gasteiger charge is -2.07. The van der Waals surface area contributed by atoms with E-state index in [1.807, 2.05) is 22.8 Å². The van der Waals surface area contributed by atoms with E-state index in [-0.39, 0.29) is 5.91 Å². The number of hydrogen-bond acceptors (Lipinski definition) is 4. The van der Waals surface area contributed by atoms with Crippen LogP contribution in [0, 0.1) is 0 Å². The van der Waals surface area contributed by atoms with E-state index in [2.05, 4.69) is 26.2 Å². The first-order chi connectivity index (χ1) is 9.61. The zero-order valence-corrected chi connectivity index (χ0v) is 12.8. The Bertz CT molecular complexity index is 612. The largest absolute Gasteiger partial charge is 0.383 e. The van der Waals surface area contributed by atoms with Crippen LogP contribution in [0.5, 0.6) is 0 Å². The molecular formula is C13H17BrN4O2. The molecule has 0 aliphatic heterocycles. The zero-order valence-electron chi connectivity index (χ0n) is 11.2. The second-order valence-electron chi connectivity index (χ2n) is 4.35. The molecule has 0 spiro atoms. The van der Waals surface area contributed by atoms with Crippen LogP contribution in [0.4, 0.5) is 5.95 Å². The number of carbonyl (C=O) groups is 1. The number of benzene rings is 1. The molecule has 0 saturated heterocycles. The van der Waals surface area contributed by atoms with E-state index in [0.717, 1.165) is 15.5 Å². The lowest BCUT2D eigenvalue weighted by molar-refractivity contribution is -0.121. The number of imidazole rings is 1. The molecule has 6 nitrogen and oxygen atoms in total. The Hall–Kier alpha value is -1.60. The predicted octanol–water partition coefficient (Wildman–Crippen LogP) is 1.53. The van der Waals surface area contributed by atoms with Gasteiger partial charge in [-0.05, 0) is 18.2 Å². The molecule has 0 radical (unpaired) electrons. The fourth-order valence-electron chi connectivity index (χ4n) is 1.95. The highest BCUT2D eigenvalue weighted by Crippen LogP contribution is 2.22. The average Bonchev–Trinajstić information content (AvgIpc) is 2.71. The van der Waals surface area contributed by atoms with Crippen molar-refractivity contribution in [1.29, 1.82) is 0 Å². The number of nitrogens with two attached hydrogens (primary N) is 1. The second-order valence-corrected chi connectivity index (χ2v) is 5.26. The van der Waals surface area contributed by atoms with Crippen molar-refractivity contribution in [1.82, 2.24) is 14.9 Å². The molecule has 7 heteroatoms. The molecular weight excluding hydrogens is 324 g/mol. The van der Waals surface area contributed by atoms with Crippen molar-refractivity contribution in [3.8, 4) is 0 Å². The Morgan fingerprint density at radius 1 is 1.55 bits per heavy atom. The van der Waals surface area contributed by atoms with Crippen LogP contribution < -0.4 is 11.1 Å². The average molecular weight is 341 g/mol. The van der Waals surface area contributed by atoms with E-state index < -0.39 is 0 Å². The van der Waals surface area contributed by atoms with Gasteiger partial charge in [0.2, 0.25) is 11.9 Å². The van der Waals surface area contributed by atoms with Crippen LogP contribution in [0.15, 0.2) is 22.7 Å². The minimum absolute atomic E-state index is 0.0274. The number of carbonyl (C=O) groups excluding carboxylic acids is 1. The van der Waals surface area contributed by atoms with Gasteiger partial charge in [-0.1, -0.05) is 15.9 Å². The lowest BCUT2D eigenvalue weighted by Crippen LogP contribution is -2.27. The van der Waals surface area contributed by atoms with Gasteiger partial charge in [0.15, 0.2) is 0 Å². The van der Waals surface area contributed by atoms with E-state index in [4.69, 9.17) is 10.5 Å². The third-order valence-corrected chi connectivity index (χ3v) is 3.42. The monoisotopic (exact) mass is 340 g/mol. The van der Waals surface area contributed by atoms with Gasteiger partial charge in [-0.25, -0.2) is 4.98 Å². The van der Waals surface area contributed by atoms with Crippen LogP contribution in [-0.2, 0) is 16.1 Å². The van der Waals surface area contributed by atoms with Crippen molar-refractivity contribution in [2.45, 2.75) is 13.0 Å². The van der Waals surface area contributed by atoms with Gasteiger partial charge < -0.3 is 20.4 Å². The summed E-state index contributed by atoms with van der Waals surface area (Å²) >= 11 is 3.40. The Kier molecular flexibility index (Phi) is 4.97. The molecule has 20 heavy (non-hydrogen) atoms. The summed E-state index contributed by atoms with van der Waals surface area (Å²) in [4.78, 5) is 16.0. The molecule has 0 saturated carbocycles. The predicted molar refractivity (Wildman–Crippen MR) is 81.3 cm³/mol. The number of anilines is 1. The highest BCUT2D eigenvalue weighted by Gasteiger charge is 2.10. The van der Waals surface area contributed by atoms with Crippen LogP contribution in [0.1, 0.15) is 6.42 Å². The van der Waals surface area contributed by atoms with Crippen molar-refractivity contribution in [3.05, 3.63) is 22.7 Å². The standard InChI is InChI=1S/C13H17BrN4O2/c1-20-7-5-16-12(19)4-6-18-11-3-2-9(14)8-10(11)17-13(18)15/h2-3,8H,4-7H2,1H3,(H2,15,17)(H,16,19). The van der Waals surface area contributed by atoms with Crippen molar-refractivity contribution in [2.24, 2.45) is 0 Å². The number of nitrogens with one attached hydrogen (secondary N) is 1. The van der Waals surface area contributed by atoms with Crippen LogP contribution >= 0.6 is 15.9 Å². The van der Waals surface area contributed by atoms with Gasteiger partial charge in [0.1, 0.15) is 0 Å². The van der Waals surface area contributed by atoms with Gasteiger partial charge in [-0.2, -0.15) is 0 Å². The number of aryl methyl sites for hydroxylation is 1. The number of nitrogen functional groups attached to an aromatic ring is 1. The van der Waals surface area contributed by atoms with E-state index in [1.165, 1.54) is 0 Å². The van der Waals surface area contributed by atoms with Crippen LogP contribution in [-0.4, -0.2) is 35.7 Å². The first kappa shape index (κ1) is 14.8. The van der Waals surface area contributed by atoms with Gasteiger partial charge in [0.25, 0.3) is 0 Å². The Labute approximate surface area is 125 Å². The Morgan fingerprint density at radius 3 is 3.10 bits per heavy atom. The number of halogens is 1. The van der Waals surface area contributed by atoms with Gasteiger partial charge >= 0.3 is 0 Å². The van der Waals surface area contributed by atoms with Crippen LogP contribution in [0.3, 0.4) is 0 Å². The molecule has 0 bridgehead atoms. The molecule has 0 unspecified atom stereocenters. The summed E-state index contributed by atoms with van der Waals surface area (Å²) in [5.41, 5.74) is 7.64. The highest BCUT2D eigenvalue weighted by molar-refractivity contribution is 9.10. The topological polar surface area (TPSA) is 82.2 Å². The van der Waals surface area contributed by atoms with Crippen molar-refractivity contribution in [2.75, 3.05) is 26.0 Å². The minimum atomic E-state index is -0.0274. The number of methoxy groups -OCH3 is 1. The Morgan fingerprint density at radius 2 is 2.35 bits per heavy atom. The number of amides is 1. The molecule has 108 valence electrons. The van der Waals surface area contributed by atoms with Crippen molar-refractivity contribution < 1.29 is 9.53 Å². The van der Waals surface area contributed by atoms with Gasteiger partial charge in [-0.3, -0.25) is 4.79 Å².